The quantitative estimate of drug-likeness (QED) is 0.810. The first-order valence-corrected chi connectivity index (χ1v) is 8.75. The van der Waals surface area contributed by atoms with Crippen LogP contribution in [0.25, 0.3) is 0 Å². The number of halogens is 1. The smallest absolute Gasteiger partial charge is 0.270 e. The lowest BCUT2D eigenvalue weighted by Gasteiger charge is -2.16. The molecule has 1 fully saturated rings. The average molecular weight is 345 g/mol. The summed E-state index contributed by atoms with van der Waals surface area (Å²) in [5.74, 6) is 0.211. The van der Waals surface area contributed by atoms with Gasteiger partial charge in [0.2, 0.25) is 5.95 Å². The number of hydrogen-bond donors (Lipinski definition) is 2. The maximum atomic E-state index is 12.4. The molecular weight excluding hydrogens is 324 g/mol. The van der Waals surface area contributed by atoms with Crippen molar-refractivity contribution in [2.24, 2.45) is 0 Å². The largest absolute Gasteiger partial charge is 0.348 e. The summed E-state index contributed by atoms with van der Waals surface area (Å²) in [6.07, 6.45) is 8.52. The Balaban J connectivity index is 1.68. The van der Waals surface area contributed by atoms with Gasteiger partial charge in [0.1, 0.15) is 5.69 Å². The number of nitrogens with zero attached hydrogens (tertiary/aromatic N) is 2. The van der Waals surface area contributed by atoms with Crippen LogP contribution in [0.2, 0.25) is 5.02 Å². The number of rotatable bonds is 4. The highest BCUT2D eigenvalue weighted by Gasteiger charge is 2.17. The van der Waals surface area contributed by atoms with E-state index in [4.69, 9.17) is 11.6 Å². The van der Waals surface area contributed by atoms with Crippen LogP contribution < -0.4 is 10.6 Å². The summed E-state index contributed by atoms with van der Waals surface area (Å²) in [6, 6.07) is 9.22. The predicted octanol–water partition coefficient (Wildman–Crippen LogP) is 4.33. The van der Waals surface area contributed by atoms with Gasteiger partial charge in [-0.15, -0.1) is 0 Å². The second-order valence-corrected chi connectivity index (χ2v) is 6.44. The molecule has 1 saturated carbocycles. The van der Waals surface area contributed by atoms with Crippen LogP contribution in [-0.2, 0) is 0 Å². The van der Waals surface area contributed by atoms with Crippen LogP contribution in [0.5, 0.6) is 0 Å². The number of carbonyl (C=O) groups excluding carboxylic acids is 1. The van der Waals surface area contributed by atoms with Crippen molar-refractivity contribution in [1.29, 1.82) is 0 Å². The third-order valence-electron chi connectivity index (χ3n) is 4.20. The number of aromatic nitrogens is 2. The zero-order valence-electron chi connectivity index (χ0n) is 13.5. The molecule has 6 heteroatoms. The third kappa shape index (κ3) is 4.45. The first-order chi connectivity index (χ1) is 11.7. The van der Waals surface area contributed by atoms with Crippen molar-refractivity contribution < 1.29 is 4.79 Å². The van der Waals surface area contributed by atoms with Gasteiger partial charge in [0.25, 0.3) is 5.91 Å². The first kappa shape index (κ1) is 16.7. The second kappa shape index (κ2) is 8.11. The summed E-state index contributed by atoms with van der Waals surface area (Å²) in [5.41, 5.74) is 1.07. The molecule has 0 spiro atoms. The Bertz CT molecular complexity index is 699. The van der Waals surface area contributed by atoms with Crippen LogP contribution in [0.15, 0.2) is 36.5 Å². The molecule has 5 nitrogen and oxygen atoms in total. The Hall–Kier alpha value is -2.14. The van der Waals surface area contributed by atoms with E-state index in [2.05, 4.69) is 20.6 Å². The van der Waals surface area contributed by atoms with E-state index in [0.29, 0.717) is 22.4 Å². The molecule has 1 amide bonds. The van der Waals surface area contributed by atoms with Crippen molar-refractivity contribution in [2.45, 2.75) is 44.6 Å². The minimum absolute atomic E-state index is 0.147. The molecule has 1 aliphatic rings. The zero-order valence-corrected chi connectivity index (χ0v) is 14.2. The van der Waals surface area contributed by atoms with Crippen molar-refractivity contribution >= 4 is 29.1 Å². The lowest BCUT2D eigenvalue weighted by molar-refractivity contribution is 0.0928. The standard InChI is InChI=1S/C18H21ClN4O/c19-14-9-5-6-10-15(14)22-18-20-12-11-16(23-18)17(24)21-13-7-3-1-2-4-8-13/h5-6,9-13H,1-4,7-8H2,(H,21,24)(H,20,22,23). The number of carbonyl (C=O) groups is 1. The molecule has 1 aromatic carbocycles. The molecule has 1 heterocycles. The van der Waals surface area contributed by atoms with Gasteiger partial charge in [-0.3, -0.25) is 4.79 Å². The van der Waals surface area contributed by atoms with Crippen LogP contribution in [0, 0.1) is 0 Å². The van der Waals surface area contributed by atoms with Gasteiger partial charge in [0, 0.05) is 12.2 Å². The van der Waals surface area contributed by atoms with Gasteiger partial charge in [0.15, 0.2) is 0 Å². The lowest BCUT2D eigenvalue weighted by atomic mass is 10.1. The lowest BCUT2D eigenvalue weighted by Crippen LogP contribution is -2.35. The van der Waals surface area contributed by atoms with Gasteiger partial charge < -0.3 is 10.6 Å². The number of anilines is 2. The van der Waals surface area contributed by atoms with E-state index in [-0.39, 0.29) is 11.9 Å². The SMILES string of the molecule is O=C(NC1CCCCCC1)c1ccnc(Nc2ccccc2Cl)n1. The summed E-state index contributed by atoms with van der Waals surface area (Å²) in [5, 5.41) is 6.72. The van der Waals surface area contributed by atoms with Gasteiger partial charge in [-0.1, -0.05) is 49.4 Å². The number of nitrogens with one attached hydrogen (secondary N) is 2. The molecule has 24 heavy (non-hydrogen) atoms. The minimum atomic E-state index is -0.147. The number of para-hydroxylation sites is 1. The Labute approximate surface area is 146 Å². The fourth-order valence-corrected chi connectivity index (χ4v) is 3.09. The zero-order chi connectivity index (χ0) is 16.8. The van der Waals surface area contributed by atoms with Gasteiger partial charge in [-0.05, 0) is 31.0 Å². The van der Waals surface area contributed by atoms with Crippen molar-refractivity contribution in [2.75, 3.05) is 5.32 Å². The van der Waals surface area contributed by atoms with Crippen LogP contribution in [0.1, 0.15) is 49.0 Å². The number of benzene rings is 1. The second-order valence-electron chi connectivity index (χ2n) is 6.03. The molecule has 0 bridgehead atoms. The van der Waals surface area contributed by atoms with Crippen LogP contribution >= 0.6 is 11.6 Å². The first-order valence-electron chi connectivity index (χ1n) is 8.38. The third-order valence-corrected chi connectivity index (χ3v) is 4.53. The molecule has 1 aliphatic carbocycles. The topological polar surface area (TPSA) is 66.9 Å². The molecule has 3 rings (SSSR count). The summed E-state index contributed by atoms with van der Waals surface area (Å²) >= 11 is 6.12. The summed E-state index contributed by atoms with van der Waals surface area (Å²) < 4.78 is 0. The van der Waals surface area contributed by atoms with Gasteiger partial charge >= 0.3 is 0 Å². The van der Waals surface area contributed by atoms with Crippen molar-refractivity contribution in [3.05, 3.63) is 47.2 Å². The van der Waals surface area contributed by atoms with E-state index in [9.17, 15) is 4.79 Å². The molecule has 0 unspecified atom stereocenters. The fraction of sp³-hybridized carbons (Fsp3) is 0.389. The van der Waals surface area contributed by atoms with Crippen molar-refractivity contribution in [3.63, 3.8) is 0 Å². The summed E-state index contributed by atoms with van der Waals surface area (Å²) in [4.78, 5) is 20.9. The molecule has 0 aliphatic heterocycles. The van der Waals surface area contributed by atoms with E-state index in [1.807, 2.05) is 18.2 Å². The molecule has 0 radical (unpaired) electrons. The Kier molecular flexibility index (Phi) is 5.64. The van der Waals surface area contributed by atoms with Gasteiger partial charge in [-0.25, -0.2) is 9.97 Å². The van der Waals surface area contributed by atoms with Crippen molar-refractivity contribution in [1.82, 2.24) is 15.3 Å². The van der Waals surface area contributed by atoms with E-state index >= 15 is 0 Å². The van der Waals surface area contributed by atoms with Gasteiger partial charge in [0.05, 0.1) is 10.7 Å². The normalized spacial score (nSPS) is 15.5. The highest BCUT2D eigenvalue weighted by molar-refractivity contribution is 6.33. The Morgan fingerprint density at radius 3 is 2.58 bits per heavy atom. The Morgan fingerprint density at radius 1 is 1.08 bits per heavy atom. The monoisotopic (exact) mass is 344 g/mol. The van der Waals surface area contributed by atoms with Gasteiger partial charge in [-0.2, -0.15) is 0 Å². The van der Waals surface area contributed by atoms with E-state index in [1.165, 1.54) is 25.7 Å². The van der Waals surface area contributed by atoms with E-state index in [1.54, 1.807) is 18.3 Å². The maximum absolute atomic E-state index is 12.4. The molecule has 0 atom stereocenters. The number of hydrogen-bond acceptors (Lipinski definition) is 4. The molecular formula is C18H21ClN4O. The van der Waals surface area contributed by atoms with E-state index in [0.717, 1.165) is 12.8 Å². The van der Waals surface area contributed by atoms with Crippen LogP contribution in [-0.4, -0.2) is 21.9 Å². The molecule has 0 saturated heterocycles. The average Bonchev–Trinajstić information content (AvgIpc) is 2.86. The van der Waals surface area contributed by atoms with Crippen LogP contribution in [0.3, 0.4) is 0 Å². The molecule has 2 N–H and O–H groups in total. The summed E-state index contributed by atoms with van der Waals surface area (Å²) in [7, 11) is 0. The summed E-state index contributed by atoms with van der Waals surface area (Å²) in [6.45, 7) is 0. The number of amides is 1. The Morgan fingerprint density at radius 2 is 1.83 bits per heavy atom. The molecule has 1 aromatic heterocycles. The predicted molar refractivity (Wildman–Crippen MR) is 95.7 cm³/mol. The molecule has 2 aromatic rings. The highest BCUT2D eigenvalue weighted by Crippen LogP contribution is 2.23. The minimum Gasteiger partial charge on any atom is -0.348 e. The maximum Gasteiger partial charge on any atom is 0.270 e. The fourth-order valence-electron chi connectivity index (χ4n) is 2.91. The highest BCUT2D eigenvalue weighted by atomic mass is 35.5. The van der Waals surface area contributed by atoms with Crippen molar-refractivity contribution in [3.8, 4) is 0 Å². The van der Waals surface area contributed by atoms with E-state index < -0.39 is 0 Å². The van der Waals surface area contributed by atoms with Crippen LogP contribution in [0.4, 0.5) is 11.6 Å². The molecule has 126 valence electrons.